The number of anilines is 1. The van der Waals surface area contributed by atoms with Crippen LogP contribution in [0.5, 0.6) is 0 Å². The van der Waals surface area contributed by atoms with Crippen molar-refractivity contribution in [2.45, 2.75) is 25.3 Å². The van der Waals surface area contributed by atoms with E-state index >= 15 is 0 Å². The lowest BCUT2D eigenvalue weighted by Crippen LogP contribution is -2.49. The van der Waals surface area contributed by atoms with Gasteiger partial charge in [0.2, 0.25) is 0 Å². The number of aromatic nitrogens is 1. The first kappa shape index (κ1) is 11.0. The van der Waals surface area contributed by atoms with Gasteiger partial charge in [-0.2, -0.15) is 0 Å². The van der Waals surface area contributed by atoms with Crippen molar-refractivity contribution >= 4 is 5.82 Å². The van der Waals surface area contributed by atoms with Crippen LogP contribution < -0.4 is 10.6 Å². The lowest BCUT2D eigenvalue weighted by Gasteiger charge is -2.36. The topological polar surface area (TPSA) is 51.4 Å². The Labute approximate surface area is 102 Å². The second kappa shape index (κ2) is 4.63. The summed E-state index contributed by atoms with van der Waals surface area (Å²) in [6, 6.07) is 4.64. The van der Waals surface area contributed by atoms with Crippen LogP contribution in [-0.2, 0) is 17.6 Å². The number of nitrogens with zero attached hydrogens (tertiary/aromatic N) is 2. The molecular weight excluding hydrogens is 214 g/mol. The van der Waals surface area contributed by atoms with Crippen LogP contribution in [0.15, 0.2) is 12.1 Å². The van der Waals surface area contributed by atoms with Crippen molar-refractivity contribution < 1.29 is 4.74 Å². The Morgan fingerprint density at radius 3 is 3.24 bits per heavy atom. The average Bonchev–Trinajstić information content (AvgIpc) is 2.85. The summed E-state index contributed by atoms with van der Waals surface area (Å²) in [4.78, 5) is 7.08. The van der Waals surface area contributed by atoms with Crippen LogP contribution in [0.2, 0.25) is 0 Å². The summed E-state index contributed by atoms with van der Waals surface area (Å²) in [5, 5.41) is 0. The van der Waals surface area contributed by atoms with E-state index in [1.807, 2.05) is 0 Å². The molecule has 2 N–H and O–H groups in total. The molecule has 1 unspecified atom stereocenters. The summed E-state index contributed by atoms with van der Waals surface area (Å²) in [5.41, 5.74) is 8.50. The largest absolute Gasteiger partial charge is 0.377 e. The average molecular weight is 233 g/mol. The Hall–Kier alpha value is -1.13. The van der Waals surface area contributed by atoms with Crippen molar-refractivity contribution in [3.05, 3.63) is 23.4 Å². The van der Waals surface area contributed by atoms with Crippen LogP contribution in [0, 0.1) is 0 Å². The molecule has 0 aromatic carbocycles. The Kier molecular flexibility index (Phi) is 2.99. The Bertz CT molecular complexity index is 408. The van der Waals surface area contributed by atoms with Gasteiger partial charge in [-0.15, -0.1) is 0 Å². The van der Waals surface area contributed by atoms with Crippen molar-refractivity contribution in [3.63, 3.8) is 0 Å². The molecule has 1 aromatic rings. The maximum absolute atomic E-state index is 5.79. The zero-order chi connectivity index (χ0) is 11.7. The molecule has 1 fully saturated rings. The molecule has 17 heavy (non-hydrogen) atoms. The normalized spacial score (nSPS) is 23.8. The van der Waals surface area contributed by atoms with Gasteiger partial charge < -0.3 is 15.4 Å². The third-order valence-corrected chi connectivity index (χ3v) is 3.71. The van der Waals surface area contributed by atoms with Gasteiger partial charge in [-0.3, -0.25) is 0 Å². The standard InChI is InChI=1S/C13H19N3O/c14-8-11-9-17-7-6-16(11)13-5-4-10-2-1-3-12(10)15-13/h4-5,11H,1-3,6-9,14H2. The third kappa shape index (κ3) is 2.03. The summed E-state index contributed by atoms with van der Waals surface area (Å²) >= 11 is 0. The van der Waals surface area contributed by atoms with E-state index in [4.69, 9.17) is 15.5 Å². The zero-order valence-electron chi connectivity index (χ0n) is 10.1. The number of pyridine rings is 1. The van der Waals surface area contributed by atoms with Gasteiger partial charge in [-0.25, -0.2) is 4.98 Å². The summed E-state index contributed by atoms with van der Waals surface area (Å²) in [6.45, 7) is 3.01. The van der Waals surface area contributed by atoms with Crippen LogP contribution in [0.3, 0.4) is 0 Å². The molecule has 1 atom stereocenters. The molecule has 4 heteroatoms. The number of nitrogens with two attached hydrogens (primary N) is 1. The van der Waals surface area contributed by atoms with E-state index < -0.39 is 0 Å². The molecule has 0 radical (unpaired) electrons. The molecule has 1 saturated heterocycles. The zero-order valence-corrected chi connectivity index (χ0v) is 10.1. The lowest BCUT2D eigenvalue weighted by atomic mass is 10.2. The SMILES string of the molecule is NCC1COCCN1c1ccc2c(n1)CCC2. The quantitative estimate of drug-likeness (QED) is 0.818. The molecular formula is C13H19N3O. The van der Waals surface area contributed by atoms with Gasteiger partial charge in [0.1, 0.15) is 5.82 Å². The highest BCUT2D eigenvalue weighted by Gasteiger charge is 2.24. The van der Waals surface area contributed by atoms with Crippen molar-refractivity contribution in [2.24, 2.45) is 5.73 Å². The van der Waals surface area contributed by atoms with E-state index in [1.165, 1.54) is 24.1 Å². The van der Waals surface area contributed by atoms with E-state index in [2.05, 4.69) is 17.0 Å². The van der Waals surface area contributed by atoms with E-state index in [1.54, 1.807) is 0 Å². The highest BCUT2D eigenvalue weighted by atomic mass is 16.5. The summed E-state index contributed by atoms with van der Waals surface area (Å²) in [5.74, 6) is 1.07. The first-order valence-electron chi connectivity index (χ1n) is 6.42. The van der Waals surface area contributed by atoms with E-state index in [9.17, 15) is 0 Å². The van der Waals surface area contributed by atoms with Crippen LogP contribution in [-0.4, -0.2) is 37.3 Å². The number of hydrogen-bond acceptors (Lipinski definition) is 4. The molecule has 1 aliphatic carbocycles. The predicted molar refractivity (Wildman–Crippen MR) is 67.3 cm³/mol. The van der Waals surface area contributed by atoms with Gasteiger partial charge in [0.05, 0.1) is 19.3 Å². The van der Waals surface area contributed by atoms with E-state index in [-0.39, 0.29) is 6.04 Å². The monoisotopic (exact) mass is 233 g/mol. The van der Waals surface area contributed by atoms with Gasteiger partial charge in [-0.05, 0) is 30.9 Å². The predicted octanol–water partition coefficient (Wildman–Crippen LogP) is 0.734. The second-order valence-electron chi connectivity index (χ2n) is 4.79. The van der Waals surface area contributed by atoms with Gasteiger partial charge in [0.25, 0.3) is 0 Å². The fourth-order valence-corrected chi connectivity index (χ4v) is 2.72. The summed E-state index contributed by atoms with van der Waals surface area (Å²) in [7, 11) is 0. The number of morpholine rings is 1. The number of ether oxygens (including phenoxy) is 1. The minimum absolute atomic E-state index is 0.274. The maximum atomic E-state index is 5.79. The minimum Gasteiger partial charge on any atom is -0.377 e. The number of hydrogen-bond donors (Lipinski definition) is 1. The number of rotatable bonds is 2. The van der Waals surface area contributed by atoms with Crippen LogP contribution in [0.25, 0.3) is 0 Å². The first-order valence-corrected chi connectivity index (χ1v) is 6.42. The maximum Gasteiger partial charge on any atom is 0.129 e. The molecule has 3 rings (SSSR count). The van der Waals surface area contributed by atoms with Crippen LogP contribution in [0.4, 0.5) is 5.82 Å². The van der Waals surface area contributed by atoms with Gasteiger partial charge in [-0.1, -0.05) is 6.07 Å². The fourth-order valence-electron chi connectivity index (χ4n) is 2.72. The highest BCUT2D eigenvalue weighted by molar-refractivity contribution is 5.44. The summed E-state index contributed by atoms with van der Waals surface area (Å²) < 4.78 is 5.47. The molecule has 2 heterocycles. The molecule has 0 bridgehead atoms. The number of aryl methyl sites for hydroxylation is 2. The van der Waals surface area contributed by atoms with Crippen molar-refractivity contribution in [2.75, 3.05) is 31.2 Å². The van der Waals surface area contributed by atoms with E-state index in [0.717, 1.165) is 32.0 Å². The molecule has 0 saturated carbocycles. The molecule has 1 aliphatic heterocycles. The Morgan fingerprint density at radius 1 is 1.41 bits per heavy atom. The van der Waals surface area contributed by atoms with E-state index in [0.29, 0.717) is 6.54 Å². The Balaban J connectivity index is 1.87. The van der Waals surface area contributed by atoms with Crippen molar-refractivity contribution in [3.8, 4) is 0 Å². The molecule has 0 amide bonds. The first-order chi connectivity index (χ1) is 8.38. The third-order valence-electron chi connectivity index (χ3n) is 3.71. The lowest BCUT2D eigenvalue weighted by molar-refractivity contribution is 0.0958. The summed E-state index contributed by atoms with van der Waals surface area (Å²) in [6.07, 6.45) is 3.56. The smallest absolute Gasteiger partial charge is 0.129 e. The number of fused-ring (bicyclic) bond motifs is 1. The van der Waals surface area contributed by atoms with Crippen molar-refractivity contribution in [1.82, 2.24) is 4.98 Å². The molecule has 0 spiro atoms. The van der Waals surface area contributed by atoms with Crippen molar-refractivity contribution in [1.29, 1.82) is 0 Å². The molecule has 1 aromatic heterocycles. The van der Waals surface area contributed by atoms with Crippen LogP contribution >= 0.6 is 0 Å². The molecule has 2 aliphatic rings. The Morgan fingerprint density at radius 2 is 2.35 bits per heavy atom. The second-order valence-corrected chi connectivity index (χ2v) is 4.79. The van der Waals surface area contributed by atoms with Gasteiger partial charge in [0, 0.05) is 18.8 Å². The highest BCUT2D eigenvalue weighted by Crippen LogP contribution is 2.24. The fraction of sp³-hybridized carbons (Fsp3) is 0.615. The molecule has 4 nitrogen and oxygen atoms in total. The van der Waals surface area contributed by atoms with Gasteiger partial charge in [0.15, 0.2) is 0 Å². The molecule has 92 valence electrons. The van der Waals surface area contributed by atoms with Crippen LogP contribution in [0.1, 0.15) is 17.7 Å². The minimum atomic E-state index is 0.274. The van der Waals surface area contributed by atoms with Gasteiger partial charge >= 0.3 is 0 Å².